The van der Waals surface area contributed by atoms with Crippen molar-refractivity contribution in [3.63, 3.8) is 0 Å². The van der Waals surface area contributed by atoms with Crippen LogP contribution in [0.1, 0.15) is 5.56 Å². The molecule has 1 aromatic heterocycles. The van der Waals surface area contributed by atoms with E-state index < -0.39 is 17.6 Å². The van der Waals surface area contributed by atoms with Crippen molar-refractivity contribution in [1.29, 1.82) is 0 Å². The zero-order chi connectivity index (χ0) is 12.5. The van der Waals surface area contributed by atoms with E-state index in [0.717, 1.165) is 18.3 Å². The van der Waals surface area contributed by atoms with Crippen LogP contribution in [0.25, 0.3) is 11.3 Å². The number of aromatic nitrogens is 1. The van der Waals surface area contributed by atoms with Crippen molar-refractivity contribution in [1.82, 2.24) is 4.98 Å². The molecule has 0 N–H and O–H groups in total. The van der Waals surface area contributed by atoms with Crippen molar-refractivity contribution in [3.8, 4) is 11.3 Å². The number of pyridine rings is 1. The van der Waals surface area contributed by atoms with Crippen molar-refractivity contribution < 1.29 is 17.6 Å². The molecule has 0 bridgehead atoms. The predicted molar refractivity (Wildman–Crippen MR) is 53.5 cm³/mol. The summed E-state index contributed by atoms with van der Waals surface area (Å²) < 4.78 is 49.9. The third-order valence-corrected chi connectivity index (χ3v) is 2.13. The molecule has 0 aliphatic rings. The normalized spacial score (nSPS) is 11.5. The summed E-state index contributed by atoms with van der Waals surface area (Å²) >= 11 is 0. The van der Waals surface area contributed by atoms with Gasteiger partial charge in [0, 0.05) is 5.56 Å². The van der Waals surface area contributed by atoms with E-state index >= 15 is 0 Å². The summed E-state index contributed by atoms with van der Waals surface area (Å²) in [6.07, 6.45) is -3.49. The Morgan fingerprint density at radius 3 is 2.47 bits per heavy atom. The Morgan fingerprint density at radius 2 is 1.88 bits per heavy atom. The van der Waals surface area contributed by atoms with Gasteiger partial charge < -0.3 is 0 Å². The lowest BCUT2D eigenvalue weighted by molar-refractivity contribution is -0.137. The Kier molecular flexibility index (Phi) is 2.83. The van der Waals surface area contributed by atoms with E-state index in [1.165, 1.54) is 18.2 Å². The Bertz CT molecular complexity index is 517. The van der Waals surface area contributed by atoms with Gasteiger partial charge in [0.15, 0.2) is 0 Å². The van der Waals surface area contributed by atoms with Crippen LogP contribution in [0.4, 0.5) is 17.6 Å². The molecule has 1 aromatic carbocycles. The number of nitrogens with zero attached hydrogens (tertiary/aromatic N) is 1. The lowest BCUT2D eigenvalue weighted by Gasteiger charge is -2.07. The van der Waals surface area contributed by atoms with Crippen LogP contribution in [0.5, 0.6) is 0 Å². The topological polar surface area (TPSA) is 12.9 Å². The van der Waals surface area contributed by atoms with Crippen molar-refractivity contribution >= 4 is 0 Å². The second-order valence-electron chi connectivity index (χ2n) is 3.35. The van der Waals surface area contributed by atoms with E-state index in [9.17, 15) is 17.6 Å². The maximum atomic E-state index is 12.6. The first kappa shape index (κ1) is 11.6. The minimum atomic E-state index is -4.45. The van der Waals surface area contributed by atoms with Gasteiger partial charge in [0.05, 0.1) is 17.5 Å². The first-order valence-electron chi connectivity index (χ1n) is 4.68. The molecular weight excluding hydrogens is 234 g/mol. The summed E-state index contributed by atoms with van der Waals surface area (Å²) in [7, 11) is 0. The highest BCUT2D eigenvalue weighted by Crippen LogP contribution is 2.31. The van der Waals surface area contributed by atoms with E-state index in [0.29, 0.717) is 0 Å². The third kappa shape index (κ3) is 2.61. The molecule has 17 heavy (non-hydrogen) atoms. The predicted octanol–water partition coefficient (Wildman–Crippen LogP) is 3.71. The molecule has 0 unspecified atom stereocenters. The first-order chi connectivity index (χ1) is 7.97. The van der Waals surface area contributed by atoms with E-state index in [2.05, 4.69) is 11.1 Å². The van der Waals surface area contributed by atoms with Gasteiger partial charge in [-0.05, 0) is 24.3 Å². The standard InChI is InChI=1S/C12H6F4N/c13-10-4-5-11(17-7-10)8-2-1-3-9(6-8)12(14,15)16/h1-2,4-7H. The highest BCUT2D eigenvalue weighted by atomic mass is 19.4. The zero-order valence-electron chi connectivity index (χ0n) is 8.42. The molecule has 0 amide bonds. The minimum absolute atomic E-state index is 0.274. The van der Waals surface area contributed by atoms with E-state index in [1.807, 2.05) is 0 Å². The molecule has 0 spiro atoms. The van der Waals surface area contributed by atoms with Gasteiger partial charge in [-0.25, -0.2) is 4.39 Å². The number of hydrogen-bond acceptors (Lipinski definition) is 1. The van der Waals surface area contributed by atoms with Gasteiger partial charge in [0.25, 0.3) is 0 Å². The first-order valence-corrected chi connectivity index (χ1v) is 4.68. The molecule has 0 atom stereocenters. The van der Waals surface area contributed by atoms with Crippen molar-refractivity contribution in [3.05, 3.63) is 54.0 Å². The quantitative estimate of drug-likeness (QED) is 0.692. The molecule has 0 fully saturated rings. The summed E-state index contributed by atoms with van der Waals surface area (Å²) in [4.78, 5) is 3.72. The SMILES string of the molecule is Fc1ccc(-c2cc[c]c(C(F)(F)F)c2)nc1. The van der Waals surface area contributed by atoms with Crippen LogP contribution < -0.4 is 0 Å². The summed E-state index contributed by atoms with van der Waals surface area (Å²) in [5.41, 5.74) is -0.317. The average Bonchev–Trinajstić information content (AvgIpc) is 2.29. The highest BCUT2D eigenvalue weighted by molar-refractivity contribution is 5.59. The van der Waals surface area contributed by atoms with Gasteiger partial charge in [-0.1, -0.05) is 12.1 Å². The highest BCUT2D eigenvalue weighted by Gasteiger charge is 2.30. The molecule has 5 heteroatoms. The van der Waals surface area contributed by atoms with Crippen molar-refractivity contribution in [2.75, 3.05) is 0 Å². The number of alkyl halides is 3. The fourth-order valence-electron chi connectivity index (χ4n) is 1.34. The van der Waals surface area contributed by atoms with Crippen LogP contribution in [-0.2, 0) is 6.18 Å². The smallest absolute Gasteiger partial charge is 0.253 e. The zero-order valence-corrected chi connectivity index (χ0v) is 8.42. The van der Waals surface area contributed by atoms with Crippen molar-refractivity contribution in [2.45, 2.75) is 6.18 Å². The largest absolute Gasteiger partial charge is 0.417 e. The van der Waals surface area contributed by atoms with Crippen LogP contribution in [0.2, 0.25) is 0 Å². The molecule has 2 aromatic rings. The number of halogens is 4. The van der Waals surface area contributed by atoms with Crippen LogP contribution >= 0.6 is 0 Å². The lowest BCUT2D eigenvalue weighted by atomic mass is 10.1. The number of rotatable bonds is 1. The van der Waals surface area contributed by atoms with Crippen LogP contribution in [-0.4, -0.2) is 4.98 Å². The average molecular weight is 240 g/mol. The van der Waals surface area contributed by atoms with Crippen molar-refractivity contribution in [2.24, 2.45) is 0 Å². The Hall–Kier alpha value is -1.91. The third-order valence-electron chi connectivity index (χ3n) is 2.13. The van der Waals surface area contributed by atoms with Gasteiger partial charge in [-0.2, -0.15) is 13.2 Å². The Balaban J connectivity index is 2.43. The summed E-state index contributed by atoms with van der Waals surface area (Å²) in [5, 5.41) is 0. The number of hydrogen-bond donors (Lipinski definition) is 0. The second-order valence-corrected chi connectivity index (χ2v) is 3.35. The summed E-state index contributed by atoms with van der Waals surface area (Å²) in [6.45, 7) is 0. The molecule has 1 radical (unpaired) electrons. The molecule has 1 nitrogen and oxygen atoms in total. The maximum Gasteiger partial charge on any atom is 0.417 e. The summed E-state index contributed by atoms with van der Waals surface area (Å²) in [5.74, 6) is -0.535. The van der Waals surface area contributed by atoms with Gasteiger partial charge in [0.2, 0.25) is 0 Å². The van der Waals surface area contributed by atoms with Crippen LogP contribution in [0.3, 0.4) is 0 Å². The Labute approximate surface area is 94.7 Å². The van der Waals surface area contributed by atoms with Crippen LogP contribution in [0.15, 0.2) is 36.5 Å². The molecule has 1 heterocycles. The molecule has 0 aliphatic carbocycles. The molecule has 0 saturated heterocycles. The fourth-order valence-corrected chi connectivity index (χ4v) is 1.34. The van der Waals surface area contributed by atoms with Gasteiger partial charge in [0.1, 0.15) is 5.82 Å². The van der Waals surface area contributed by atoms with E-state index in [4.69, 9.17) is 0 Å². The molecular formula is C12H6F4N. The van der Waals surface area contributed by atoms with Gasteiger partial charge in [-0.15, -0.1) is 0 Å². The molecule has 2 rings (SSSR count). The summed E-state index contributed by atoms with van der Waals surface area (Å²) in [6, 6.07) is 8.11. The minimum Gasteiger partial charge on any atom is -0.253 e. The number of benzene rings is 1. The van der Waals surface area contributed by atoms with Gasteiger partial charge in [-0.3, -0.25) is 4.98 Å². The monoisotopic (exact) mass is 240 g/mol. The lowest BCUT2D eigenvalue weighted by Crippen LogP contribution is -2.04. The van der Waals surface area contributed by atoms with E-state index in [1.54, 1.807) is 0 Å². The maximum absolute atomic E-state index is 12.6. The molecule has 0 saturated carbocycles. The molecule has 0 aliphatic heterocycles. The van der Waals surface area contributed by atoms with Crippen LogP contribution in [0, 0.1) is 11.9 Å². The van der Waals surface area contributed by atoms with Gasteiger partial charge >= 0.3 is 6.18 Å². The molecule has 87 valence electrons. The fraction of sp³-hybridized carbons (Fsp3) is 0.0833. The van der Waals surface area contributed by atoms with E-state index in [-0.39, 0.29) is 11.3 Å². The Morgan fingerprint density at radius 1 is 1.12 bits per heavy atom. The second kappa shape index (κ2) is 4.16.